The highest BCUT2D eigenvalue weighted by molar-refractivity contribution is 6.32. The first-order valence-electron chi connectivity index (χ1n) is 13.6. The maximum atomic E-state index is 13.8. The minimum absolute atomic E-state index is 0.0379. The van der Waals surface area contributed by atoms with Crippen LogP contribution in [0.25, 0.3) is 10.8 Å². The SMILES string of the molecule is Cc1cc(O)c2cc3c(c(O)c2c1)C(=O)c1ccc(C2CC4OC5CC(=O)C(C)OC5OC4C(C)O2)c(O)c1C3=O. The van der Waals surface area contributed by atoms with Crippen LogP contribution in [-0.4, -0.2) is 69.5 Å². The topological polar surface area (TPSA) is 149 Å². The van der Waals surface area contributed by atoms with Gasteiger partial charge in [0.25, 0.3) is 0 Å². The average molecular weight is 561 g/mol. The second kappa shape index (κ2) is 9.09. The largest absolute Gasteiger partial charge is 0.507 e. The van der Waals surface area contributed by atoms with Crippen LogP contribution in [-0.2, 0) is 23.7 Å². The Bertz CT molecular complexity index is 1680. The molecule has 212 valence electrons. The number of benzene rings is 3. The lowest BCUT2D eigenvalue weighted by Crippen LogP contribution is -2.60. The summed E-state index contributed by atoms with van der Waals surface area (Å²) in [6, 6.07) is 7.49. The van der Waals surface area contributed by atoms with E-state index in [2.05, 4.69) is 0 Å². The van der Waals surface area contributed by atoms with Crippen LogP contribution in [0.2, 0.25) is 0 Å². The Balaban J connectivity index is 1.24. The first-order chi connectivity index (χ1) is 19.5. The van der Waals surface area contributed by atoms with Crippen LogP contribution in [0.1, 0.15) is 75.8 Å². The van der Waals surface area contributed by atoms with Crippen molar-refractivity contribution in [1.82, 2.24) is 0 Å². The Morgan fingerprint density at radius 2 is 1.51 bits per heavy atom. The van der Waals surface area contributed by atoms with Crippen molar-refractivity contribution in [3.63, 3.8) is 0 Å². The van der Waals surface area contributed by atoms with Gasteiger partial charge in [0, 0.05) is 40.3 Å². The fourth-order valence-corrected chi connectivity index (χ4v) is 6.58. The summed E-state index contributed by atoms with van der Waals surface area (Å²) in [5.74, 6) is -2.26. The lowest BCUT2D eigenvalue weighted by atomic mass is 9.79. The molecule has 10 heteroatoms. The number of fused-ring (bicyclic) bond motifs is 5. The molecule has 0 radical (unpaired) electrons. The number of aromatic hydroxyl groups is 3. The van der Waals surface area contributed by atoms with Crippen LogP contribution in [0.3, 0.4) is 0 Å². The van der Waals surface area contributed by atoms with E-state index in [-0.39, 0.29) is 57.4 Å². The molecule has 3 aliphatic heterocycles. The highest BCUT2D eigenvalue weighted by atomic mass is 16.7. The van der Waals surface area contributed by atoms with E-state index in [1.165, 1.54) is 24.3 Å². The van der Waals surface area contributed by atoms with Crippen molar-refractivity contribution in [2.45, 2.75) is 76.5 Å². The molecule has 7 atom stereocenters. The van der Waals surface area contributed by atoms with Gasteiger partial charge >= 0.3 is 0 Å². The molecular formula is C31H28O10. The first-order valence-corrected chi connectivity index (χ1v) is 13.6. The molecule has 1 aliphatic carbocycles. The van der Waals surface area contributed by atoms with Gasteiger partial charge in [-0.3, -0.25) is 14.4 Å². The highest BCUT2D eigenvalue weighted by Crippen LogP contribution is 2.47. The van der Waals surface area contributed by atoms with Gasteiger partial charge in [0.1, 0.15) is 35.6 Å². The summed E-state index contributed by atoms with van der Waals surface area (Å²) in [7, 11) is 0. The third kappa shape index (κ3) is 3.82. The molecule has 0 spiro atoms. The molecule has 0 bridgehead atoms. The third-order valence-electron chi connectivity index (χ3n) is 8.64. The maximum Gasteiger partial charge on any atom is 0.198 e. The highest BCUT2D eigenvalue weighted by Gasteiger charge is 2.50. The molecule has 3 saturated heterocycles. The average Bonchev–Trinajstić information content (AvgIpc) is 2.92. The lowest BCUT2D eigenvalue weighted by Gasteiger charge is -2.49. The number of aryl methyl sites for hydroxylation is 1. The van der Waals surface area contributed by atoms with Crippen molar-refractivity contribution in [3.8, 4) is 17.2 Å². The van der Waals surface area contributed by atoms with Gasteiger partial charge in [-0.25, -0.2) is 0 Å². The molecule has 3 aromatic rings. The molecule has 7 rings (SSSR count). The van der Waals surface area contributed by atoms with E-state index in [0.29, 0.717) is 11.1 Å². The third-order valence-corrected chi connectivity index (χ3v) is 8.64. The van der Waals surface area contributed by atoms with Crippen molar-refractivity contribution in [2.75, 3.05) is 0 Å². The minimum Gasteiger partial charge on any atom is -0.507 e. The molecule has 0 amide bonds. The summed E-state index contributed by atoms with van der Waals surface area (Å²) in [6.07, 6.45) is -3.46. The summed E-state index contributed by atoms with van der Waals surface area (Å²) in [5.41, 5.74) is 0.472. The molecule has 10 nitrogen and oxygen atoms in total. The monoisotopic (exact) mass is 560 g/mol. The summed E-state index contributed by atoms with van der Waals surface area (Å²) in [6.45, 7) is 5.23. The summed E-state index contributed by atoms with van der Waals surface area (Å²) in [5, 5.41) is 33.4. The molecule has 3 N–H and O–H groups in total. The number of carbonyl (C=O) groups excluding carboxylic acids is 3. The molecule has 0 aromatic heterocycles. The van der Waals surface area contributed by atoms with Gasteiger partial charge in [0.15, 0.2) is 23.6 Å². The minimum atomic E-state index is -0.697. The van der Waals surface area contributed by atoms with Crippen molar-refractivity contribution in [3.05, 3.63) is 63.7 Å². The summed E-state index contributed by atoms with van der Waals surface area (Å²) >= 11 is 0. The van der Waals surface area contributed by atoms with E-state index in [1.807, 2.05) is 6.92 Å². The Hall–Kier alpha value is -3.83. The molecule has 7 unspecified atom stereocenters. The normalized spacial score (nSPS) is 30.9. The number of phenolic OH excluding ortho intramolecular Hbond substituents is 3. The van der Waals surface area contributed by atoms with Gasteiger partial charge in [-0.2, -0.15) is 0 Å². The van der Waals surface area contributed by atoms with E-state index >= 15 is 0 Å². The predicted molar refractivity (Wildman–Crippen MR) is 142 cm³/mol. The Morgan fingerprint density at radius 1 is 0.780 bits per heavy atom. The van der Waals surface area contributed by atoms with Gasteiger partial charge in [-0.15, -0.1) is 0 Å². The van der Waals surface area contributed by atoms with Gasteiger partial charge in [-0.05, 0) is 50.6 Å². The zero-order valence-corrected chi connectivity index (χ0v) is 22.5. The summed E-state index contributed by atoms with van der Waals surface area (Å²) in [4.78, 5) is 39.5. The smallest absolute Gasteiger partial charge is 0.198 e. The van der Waals surface area contributed by atoms with Gasteiger partial charge in [0.2, 0.25) is 0 Å². The number of Topliss-reactive ketones (excluding diaryl/α,β-unsaturated/α-hetero) is 1. The first kappa shape index (κ1) is 26.1. The van der Waals surface area contributed by atoms with E-state index in [1.54, 1.807) is 19.9 Å². The van der Waals surface area contributed by atoms with E-state index in [4.69, 9.17) is 18.9 Å². The van der Waals surface area contributed by atoms with Crippen LogP contribution in [0.15, 0.2) is 30.3 Å². The number of phenols is 3. The molecule has 3 aromatic carbocycles. The van der Waals surface area contributed by atoms with Gasteiger partial charge in [-0.1, -0.05) is 6.07 Å². The predicted octanol–water partition coefficient (Wildman–Crippen LogP) is 3.75. The zero-order valence-electron chi connectivity index (χ0n) is 22.5. The molecule has 41 heavy (non-hydrogen) atoms. The second-order valence-corrected chi connectivity index (χ2v) is 11.3. The molecule has 0 saturated carbocycles. The molecule has 4 aliphatic rings. The number of ketones is 3. The van der Waals surface area contributed by atoms with E-state index in [9.17, 15) is 29.7 Å². The molecular weight excluding hydrogens is 532 g/mol. The Kier molecular flexibility index (Phi) is 5.78. The molecule has 3 fully saturated rings. The second-order valence-electron chi connectivity index (χ2n) is 11.3. The Labute approximate surface area is 234 Å². The standard InChI is InChI=1S/C31H28O10/c1-11-6-17-16(20(33)7-11)8-18-25(28(17)36)27(35)15-5-4-14(26(34)24(15)29(18)37)21-10-22-30(13(3)38-21)41-31-23(40-22)9-19(32)12(2)39-31/h4-8,12-13,21-23,30-31,33-34,36H,9-10H2,1-3H3. The van der Waals surface area contributed by atoms with E-state index < -0.39 is 66.0 Å². The van der Waals surface area contributed by atoms with Crippen molar-refractivity contribution in [2.24, 2.45) is 0 Å². The fraction of sp³-hybridized carbons (Fsp3) is 0.387. The quantitative estimate of drug-likeness (QED) is 0.314. The van der Waals surface area contributed by atoms with Crippen LogP contribution in [0, 0.1) is 6.92 Å². The number of ether oxygens (including phenoxy) is 4. The van der Waals surface area contributed by atoms with Gasteiger partial charge in [0.05, 0.1) is 29.4 Å². The number of hydrogen-bond acceptors (Lipinski definition) is 10. The zero-order chi connectivity index (χ0) is 28.9. The number of hydrogen-bond donors (Lipinski definition) is 3. The van der Waals surface area contributed by atoms with Crippen LogP contribution in [0.5, 0.6) is 17.2 Å². The van der Waals surface area contributed by atoms with Crippen LogP contribution >= 0.6 is 0 Å². The Morgan fingerprint density at radius 3 is 2.29 bits per heavy atom. The van der Waals surface area contributed by atoms with E-state index in [0.717, 1.165) is 0 Å². The fourth-order valence-electron chi connectivity index (χ4n) is 6.58. The van der Waals surface area contributed by atoms with Gasteiger partial charge < -0.3 is 34.3 Å². The van der Waals surface area contributed by atoms with Crippen LogP contribution < -0.4 is 0 Å². The van der Waals surface area contributed by atoms with Crippen LogP contribution in [0.4, 0.5) is 0 Å². The number of carbonyl (C=O) groups is 3. The maximum absolute atomic E-state index is 13.8. The van der Waals surface area contributed by atoms with Crippen molar-refractivity contribution >= 4 is 28.1 Å². The molecule has 3 heterocycles. The summed E-state index contributed by atoms with van der Waals surface area (Å²) < 4.78 is 24.3. The lowest BCUT2D eigenvalue weighted by molar-refractivity contribution is -0.347. The van der Waals surface area contributed by atoms with Crippen molar-refractivity contribution in [1.29, 1.82) is 0 Å². The number of rotatable bonds is 1. The van der Waals surface area contributed by atoms with Crippen molar-refractivity contribution < 1.29 is 48.7 Å².